The number of nitrogens with zero attached hydrogens (tertiary/aromatic N) is 2. The van der Waals surface area contributed by atoms with Crippen LogP contribution in [0.25, 0.3) is 0 Å². The van der Waals surface area contributed by atoms with Gasteiger partial charge >= 0.3 is 0 Å². The van der Waals surface area contributed by atoms with Crippen LogP contribution in [0.1, 0.15) is 31.0 Å². The zero-order valence-corrected chi connectivity index (χ0v) is 14.3. The molecular formula is C20H22N4O. The van der Waals surface area contributed by atoms with E-state index in [1.54, 1.807) is 6.20 Å². The first kappa shape index (κ1) is 18.2. The summed E-state index contributed by atoms with van der Waals surface area (Å²) in [6.45, 7) is 2.61. The minimum Gasteiger partial charge on any atom is -0.384 e. The summed E-state index contributed by atoms with van der Waals surface area (Å²) in [4.78, 5) is 16.4. The van der Waals surface area contributed by atoms with Gasteiger partial charge < -0.3 is 10.6 Å². The molecule has 0 unspecified atom stereocenters. The van der Waals surface area contributed by atoms with E-state index in [2.05, 4.69) is 22.5 Å². The Labute approximate surface area is 148 Å². The van der Waals surface area contributed by atoms with Crippen molar-refractivity contribution in [2.24, 2.45) is 0 Å². The highest BCUT2D eigenvalue weighted by atomic mass is 16.1. The van der Waals surface area contributed by atoms with Crippen molar-refractivity contribution >= 4 is 11.6 Å². The molecule has 0 radical (unpaired) electrons. The molecule has 1 heterocycles. The lowest BCUT2D eigenvalue weighted by Gasteiger charge is -2.06. The van der Waals surface area contributed by atoms with E-state index >= 15 is 0 Å². The van der Waals surface area contributed by atoms with Crippen LogP contribution in [0.5, 0.6) is 0 Å². The highest BCUT2D eigenvalue weighted by Crippen LogP contribution is 2.12. The van der Waals surface area contributed by atoms with E-state index in [0.717, 1.165) is 25.0 Å². The molecule has 0 aliphatic rings. The molecule has 128 valence electrons. The zero-order valence-electron chi connectivity index (χ0n) is 14.3. The summed E-state index contributed by atoms with van der Waals surface area (Å²) >= 11 is 0. The van der Waals surface area contributed by atoms with Gasteiger partial charge in [0.15, 0.2) is 0 Å². The summed E-state index contributed by atoms with van der Waals surface area (Å²) in [5.41, 5.74) is 2.77. The molecule has 2 aromatic rings. The normalized spacial score (nSPS) is 10.8. The molecule has 25 heavy (non-hydrogen) atoms. The molecular weight excluding hydrogens is 312 g/mol. The van der Waals surface area contributed by atoms with Gasteiger partial charge in [-0.25, -0.2) is 0 Å². The number of carbonyl (C=O) groups excluding carboxylic acids is 1. The Kier molecular flexibility index (Phi) is 7.20. The van der Waals surface area contributed by atoms with Crippen molar-refractivity contribution in [2.75, 3.05) is 5.32 Å². The maximum atomic E-state index is 12.2. The molecule has 2 rings (SSSR count). The average molecular weight is 334 g/mol. The molecule has 5 heteroatoms. The number of hydrogen-bond acceptors (Lipinski definition) is 4. The van der Waals surface area contributed by atoms with E-state index in [9.17, 15) is 10.1 Å². The number of amides is 1. The summed E-state index contributed by atoms with van der Waals surface area (Å²) in [5.74, 6) is -0.433. The molecule has 0 saturated carbocycles. The highest BCUT2D eigenvalue weighted by Gasteiger charge is 2.09. The first-order chi connectivity index (χ1) is 12.2. The Hall–Kier alpha value is -3.13. The summed E-state index contributed by atoms with van der Waals surface area (Å²) < 4.78 is 0. The van der Waals surface area contributed by atoms with Gasteiger partial charge in [-0.2, -0.15) is 5.26 Å². The van der Waals surface area contributed by atoms with Gasteiger partial charge in [0.25, 0.3) is 5.91 Å². The van der Waals surface area contributed by atoms with Crippen LogP contribution >= 0.6 is 0 Å². The molecule has 1 aromatic heterocycles. The Balaban J connectivity index is 1.90. The van der Waals surface area contributed by atoms with Gasteiger partial charge in [0.1, 0.15) is 11.6 Å². The van der Waals surface area contributed by atoms with E-state index < -0.39 is 5.91 Å². The number of nitriles is 1. The van der Waals surface area contributed by atoms with Crippen molar-refractivity contribution in [3.63, 3.8) is 0 Å². The van der Waals surface area contributed by atoms with Crippen LogP contribution in [-0.4, -0.2) is 10.9 Å². The quantitative estimate of drug-likeness (QED) is 0.571. The first-order valence-corrected chi connectivity index (χ1v) is 8.36. The Morgan fingerprint density at radius 3 is 2.68 bits per heavy atom. The van der Waals surface area contributed by atoms with Gasteiger partial charge in [0.05, 0.1) is 12.2 Å². The average Bonchev–Trinajstić information content (AvgIpc) is 2.65. The lowest BCUT2D eigenvalue weighted by atomic mass is 10.1. The lowest BCUT2D eigenvalue weighted by Crippen LogP contribution is -2.16. The van der Waals surface area contributed by atoms with Crippen LogP contribution in [-0.2, 0) is 17.8 Å². The maximum Gasteiger partial charge on any atom is 0.267 e. The van der Waals surface area contributed by atoms with Gasteiger partial charge in [0.2, 0.25) is 0 Å². The molecule has 0 atom stereocenters. The van der Waals surface area contributed by atoms with Gasteiger partial charge in [0, 0.05) is 18.1 Å². The van der Waals surface area contributed by atoms with Crippen LogP contribution in [0.3, 0.4) is 0 Å². The molecule has 0 spiro atoms. The van der Waals surface area contributed by atoms with Gasteiger partial charge in [-0.1, -0.05) is 31.5 Å². The van der Waals surface area contributed by atoms with Gasteiger partial charge in [-0.15, -0.1) is 0 Å². The second kappa shape index (κ2) is 9.89. The molecule has 0 bridgehead atoms. The van der Waals surface area contributed by atoms with Crippen molar-refractivity contribution in [3.8, 4) is 6.07 Å². The summed E-state index contributed by atoms with van der Waals surface area (Å²) in [5, 5.41) is 14.9. The number of hydrogen-bond donors (Lipinski definition) is 2. The summed E-state index contributed by atoms with van der Waals surface area (Å²) in [6, 6.07) is 15.2. The fourth-order valence-electron chi connectivity index (χ4n) is 2.24. The zero-order chi connectivity index (χ0) is 17.9. The number of aryl methyl sites for hydroxylation is 1. The predicted molar refractivity (Wildman–Crippen MR) is 98.5 cm³/mol. The van der Waals surface area contributed by atoms with Crippen molar-refractivity contribution in [1.29, 1.82) is 5.26 Å². The lowest BCUT2D eigenvalue weighted by molar-refractivity contribution is -0.112. The number of anilines is 1. The van der Waals surface area contributed by atoms with E-state index in [1.165, 1.54) is 11.8 Å². The third-order valence-electron chi connectivity index (χ3n) is 3.65. The number of unbranched alkanes of at least 4 members (excludes halogenated alkanes) is 1. The van der Waals surface area contributed by atoms with Gasteiger partial charge in [-0.3, -0.25) is 9.78 Å². The SMILES string of the molecule is CCCCc1ccc(NC(=O)/C(C#N)=C\NCc2ccccn2)cc1. The number of rotatable bonds is 8. The van der Waals surface area contributed by atoms with Crippen molar-refractivity contribution in [3.05, 3.63) is 71.7 Å². The molecule has 0 fully saturated rings. The van der Waals surface area contributed by atoms with E-state index in [4.69, 9.17) is 0 Å². The molecule has 0 saturated heterocycles. The molecule has 0 aliphatic heterocycles. The van der Waals surface area contributed by atoms with Crippen LogP contribution in [0.4, 0.5) is 5.69 Å². The van der Waals surface area contributed by atoms with Gasteiger partial charge in [-0.05, 0) is 42.7 Å². The van der Waals surface area contributed by atoms with Crippen molar-refractivity contribution in [1.82, 2.24) is 10.3 Å². The van der Waals surface area contributed by atoms with Crippen molar-refractivity contribution in [2.45, 2.75) is 32.7 Å². The molecule has 1 aromatic carbocycles. The number of benzene rings is 1. The summed E-state index contributed by atoms with van der Waals surface area (Å²) in [6.07, 6.45) is 6.45. The molecule has 5 nitrogen and oxygen atoms in total. The second-order valence-corrected chi connectivity index (χ2v) is 5.63. The fourth-order valence-corrected chi connectivity index (χ4v) is 2.24. The predicted octanol–water partition coefficient (Wildman–Crippen LogP) is 3.56. The standard InChI is InChI=1S/C20H22N4O/c1-2-3-6-16-8-10-18(11-9-16)24-20(25)17(13-21)14-22-15-19-7-4-5-12-23-19/h4-5,7-12,14,22H,2-3,6,15H2,1H3,(H,24,25)/b17-14-. The van der Waals surface area contributed by atoms with Crippen LogP contribution in [0, 0.1) is 11.3 Å². The Morgan fingerprint density at radius 2 is 2.04 bits per heavy atom. The monoisotopic (exact) mass is 334 g/mol. The third-order valence-corrected chi connectivity index (χ3v) is 3.65. The number of pyridine rings is 1. The number of carbonyl (C=O) groups is 1. The van der Waals surface area contributed by atoms with Crippen LogP contribution in [0.15, 0.2) is 60.4 Å². The maximum absolute atomic E-state index is 12.2. The molecule has 1 amide bonds. The molecule has 2 N–H and O–H groups in total. The third kappa shape index (κ3) is 6.11. The largest absolute Gasteiger partial charge is 0.384 e. The van der Waals surface area contributed by atoms with E-state index in [1.807, 2.05) is 48.5 Å². The first-order valence-electron chi connectivity index (χ1n) is 8.36. The minimum absolute atomic E-state index is 0.0194. The van der Waals surface area contributed by atoms with E-state index in [-0.39, 0.29) is 5.57 Å². The topological polar surface area (TPSA) is 77.8 Å². The second-order valence-electron chi connectivity index (χ2n) is 5.63. The Bertz CT molecular complexity index is 746. The Morgan fingerprint density at radius 1 is 1.24 bits per heavy atom. The smallest absolute Gasteiger partial charge is 0.267 e. The van der Waals surface area contributed by atoms with E-state index in [0.29, 0.717) is 12.2 Å². The minimum atomic E-state index is -0.433. The highest BCUT2D eigenvalue weighted by molar-refractivity contribution is 6.06. The van der Waals surface area contributed by atoms with Crippen LogP contribution in [0.2, 0.25) is 0 Å². The summed E-state index contributed by atoms with van der Waals surface area (Å²) in [7, 11) is 0. The number of aromatic nitrogens is 1. The molecule has 0 aliphatic carbocycles. The number of nitrogens with one attached hydrogen (secondary N) is 2. The fraction of sp³-hybridized carbons (Fsp3) is 0.250. The van der Waals surface area contributed by atoms with Crippen LogP contribution < -0.4 is 10.6 Å². The van der Waals surface area contributed by atoms with Crippen molar-refractivity contribution < 1.29 is 4.79 Å².